The molecule has 14 unspecified atom stereocenters. The standard InChI is InChI=1S/C20H28N2O5.C19H24N2O3.C19H18O4.C14H20N2O2.C14H23NO2.C9H11NO4.C9H15NO3S/c1-3-27-20(26)16(12-11-15-8-5-4-6-9-15)21-14(2)18(23)22-13-7-10-17(22)19(24)25;1-13(7-8-14-5-3-2-4-6-14)21-12-18(23)15-9-10-17(22)16(11-15)19(20)24;1-12(20)11-15(13-7-3-2-4-8-13)17-18(21)14-9-5-6-10-16(14)23-19(17)22;1-14(2,3)16-9-12(17)10-18-13-7-5-4-6-11(13)8-15;1-4-12(3)15-9-13(16)10-17-14-7-5-11(2)6-8-14;10-6(9(13)14)3-5-1-2-7(11)8(12)4-5;1-6(5-14)8(11)10-4-2-3-7(10)9(12)13/h4-6,8-9,14,16-17,21H,3,7,10-13H2,1-2H3,(H,24,25);2-6,9-11,13,18,21-23H,7-8,12H2,1H3,(H2,20,24);2-10,15-17,21H,11H2,1H3;4-7,12,16-17H,9-10H2,1-3H3;5-8,12-13,15-16H,4,9-10H2,1-3H3;1-2,4,6,11-12H,3,10H2,(H,13,14);6-7,14H,2-5H2,1H3,(H,12,13). The molecule has 4 aliphatic rings. The summed E-state index contributed by atoms with van der Waals surface area (Å²) in [5, 5.41) is 116. The number of aliphatic hydroxyl groups excluding tert-OH is 4. The number of carboxylic acids is 3. The van der Waals surface area contributed by atoms with Gasteiger partial charge in [0.15, 0.2) is 11.5 Å². The predicted octanol–water partition coefficient (Wildman–Crippen LogP) is 11.5. The van der Waals surface area contributed by atoms with Crippen LogP contribution in [0.3, 0.4) is 0 Å². The number of aryl methyl sites for hydroxylation is 3. The van der Waals surface area contributed by atoms with Crippen LogP contribution in [0, 0.1) is 30.1 Å². The first-order valence-electron chi connectivity index (χ1n) is 46.0. The zero-order chi connectivity index (χ0) is 101. The number of amides is 3. The second kappa shape index (κ2) is 60.2. The zero-order valence-electron chi connectivity index (χ0n) is 80.0. The van der Waals surface area contributed by atoms with E-state index >= 15 is 0 Å². The van der Waals surface area contributed by atoms with E-state index < -0.39 is 102 Å². The lowest BCUT2D eigenvalue weighted by atomic mass is 9.78. The number of ketones is 1. The number of rotatable bonds is 39. The summed E-state index contributed by atoms with van der Waals surface area (Å²) in [5.41, 5.74) is 17.1. The number of carbonyl (C=O) groups excluding carboxylic acids is 6. The number of allylic oxidation sites excluding steroid dienone is 2. The van der Waals surface area contributed by atoms with Crippen LogP contribution in [0.4, 0.5) is 0 Å². The first-order valence-corrected chi connectivity index (χ1v) is 46.6. The van der Waals surface area contributed by atoms with Crippen molar-refractivity contribution in [3.63, 3.8) is 0 Å². The highest BCUT2D eigenvalue weighted by Crippen LogP contribution is 2.40. The van der Waals surface area contributed by atoms with E-state index in [4.69, 9.17) is 56.1 Å². The Balaban J connectivity index is 0.000000286. The maximum Gasteiger partial charge on any atom is 0.326 e. The van der Waals surface area contributed by atoms with Crippen LogP contribution >= 0.6 is 12.6 Å². The van der Waals surface area contributed by atoms with Gasteiger partial charge < -0.3 is 112 Å². The number of hydrogen-bond acceptors (Lipinski definition) is 27. The lowest BCUT2D eigenvalue weighted by molar-refractivity contribution is -0.153. The molecule has 33 heteroatoms. The van der Waals surface area contributed by atoms with Crippen LogP contribution in [0.15, 0.2) is 212 Å². The van der Waals surface area contributed by atoms with Gasteiger partial charge in [-0.05, 0) is 209 Å². The van der Waals surface area contributed by atoms with E-state index in [1.165, 1.54) is 58.2 Å². The Kier molecular flexibility index (Phi) is 50.5. The largest absolute Gasteiger partial charge is 0.511 e. The molecule has 0 spiro atoms. The van der Waals surface area contributed by atoms with Gasteiger partial charge in [-0.15, -0.1) is 0 Å². The number of esters is 2. The third-order valence-corrected chi connectivity index (χ3v) is 23.0. The van der Waals surface area contributed by atoms with Gasteiger partial charge in [-0.25, -0.2) is 9.59 Å². The number of likely N-dealkylation sites (tertiary alicyclic amines) is 2. The number of ether oxygens (including phenoxy) is 4. The number of benzene rings is 7. The van der Waals surface area contributed by atoms with Gasteiger partial charge in [0, 0.05) is 79.9 Å². The fraction of sp³-hybridized carbons (Fsp3) is 0.442. The smallest absolute Gasteiger partial charge is 0.326 e. The topological polar surface area (TPSA) is 523 Å². The Morgan fingerprint density at radius 2 is 1.20 bits per heavy atom. The molecule has 7 aromatic carbocycles. The van der Waals surface area contributed by atoms with Gasteiger partial charge in [0.25, 0.3) is 5.91 Å². The molecule has 0 aromatic heterocycles. The number of aromatic hydroxyl groups is 3. The minimum absolute atomic E-state index is 0.00181. The Morgan fingerprint density at radius 3 is 1.74 bits per heavy atom. The summed E-state index contributed by atoms with van der Waals surface area (Å²) in [7, 11) is 0. The third-order valence-electron chi connectivity index (χ3n) is 22.4. The van der Waals surface area contributed by atoms with E-state index in [1.807, 2.05) is 131 Å². The molecule has 2 fully saturated rings. The number of Topliss-reactive ketones (excluding diaryl/α,β-unsaturated/α-hetero) is 1. The Morgan fingerprint density at radius 1 is 0.642 bits per heavy atom. The molecule has 7 aromatic rings. The molecule has 1 aliphatic carbocycles. The fourth-order valence-corrected chi connectivity index (χ4v) is 14.6. The van der Waals surface area contributed by atoms with Crippen LogP contribution < -0.4 is 42.2 Å². The predicted molar refractivity (Wildman–Crippen MR) is 525 cm³/mol. The molecule has 3 aliphatic heterocycles. The van der Waals surface area contributed by atoms with Gasteiger partial charge in [-0.2, -0.15) is 17.9 Å². The number of primary amides is 1. The molecule has 18 N–H and O–H groups in total. The van der Waals surface area contributed by atoms with Gasteiger partial charge in [-0.3, -0.25) is 34.1 Å². The number of para-hydroxylation sites is 1. The summed E-state index contributed by atoms with van der Waals surface area (Å²) in [6.45, 7) is 24.2. The van der Waals surface area contributed by atoms with E-state index in [2.05, 4.69) is 72.9 Å². The van der Waals surface area contributed by atoms with Crippen molar-refractivity contribution in [1.82, 2.24) is 31.1 Å². The Hall–Kier alpha value is -12.5. The number of thiol groups is 1. The summed E-state index contributed by atoms with van der Waals surface area (Å²) in [6.07, 6.45) is 11.6. The van der Waals surface area contributed by atoms with Gasteiger partial charge >= 0.3 is 29.8 Å². The number of carbonyl (C=O) groups is 9. The number of hydrogen-bond donors (Lipinski definition) is 17. The number of phenols is 3. The number of nitrogens with two attached hydrogens (primary N) is 2. The number of fused-ring (bicyclic) bond motifs is 1. The van der Waals surface area contributed by atoms with Crippen molar-refractivity contribution >= 4 is 66.0 Å². The number of β-amino-alcohol motifs (C(OH)–C–C–N with tert-alkyl or cyclic N) is 1. The van der Waals surface area contributed by atoms with Crippen molar-refractivity contribution in [1.29, 1.82) is 5.26 Å². The SMILES string of the molecule is CC(=O)CC(c1ccccc1)C1C(=O)OC2C=CC=CC2=C1O.CC(C)(C)NCC(O)COc1ccccc1C#N.CC(CCc1ccccc1)NCC(O)c1ccc(O)c(C(N)=O)c1.CC(CS)C(=O)N1CCCC1C(=O)O.CCC(C)NCC(O)COc1ccc(C)cc1.CCOC(=O)C(CCc1ccccc1)NC(C)C(=O)N1CCCC1C(=O)O.NC(Cc1ccc(O)c(O)c1)C(=O)O. The van der Waals surface area contributed by atoms with Gasteiger partial charge in [0.1, 0.15) is 96.5 Å². The van der Waals surface area contributed by atoms with Crippen LogP contribution in [0.2, 0.25) is 0 Å². The first kappa shape index (κ1) is 115. The third kappa shape index (κ3) is 41.2. The molecule has 2 saturated heterocycles. The summed E-state index contributed by atoms with van der Waals surface area (Å²) in [5.74, 6) is -5.43. The first-order chi connectivity index (χ1) is 65.1. The molecule has 0 radical (unpaired) electrons. The maximum absolute atomic E-state index is 12.7. The van der Waals surface area contributed by atoms with E-state index in [0.29, 0.717) is 111 Å². The number of aliphatic carboxylic acids is 3. The molecule has 0 bridgehead atoms. The molecule has 0 saturated carbocycles. The molecular formula is C104H139N9O23S. The number of nitriles is 1. The van der Waals surface area contributed by atoms with Crippen molar-refractivity contribution in [3.05, 3.63) is 256 Å². The number of carboxylic acid groups (broad SMARTS) is 3. The Labute approximate surface area is 808 Å². The van der Waals surface area contributed by atoms with Gasteiger partial charge in [0.2, 0.25) is 11.8 Å². The van der Waals surface area contributed by atoms with Crippen molar-refractivity contribution < 1.29 is 113 Å². The highest BCUT2D eigenvalue weighted by molar-refractivity contribution is 7.80. The molecule has 744 valence electrons. The summed E-state index contributed by atoms with van der Waals surface area (Å²) in [4.78, 5) is 108. The molecule has 3 amide bonds. The van der Waals surface area contributed by atoms with E-state index in [9.17, 15) is 73.8 Å². The molecule has 32 nitrogen and oxygen atoms in total. The molecular weight excluding hydrogens is 1780 g/mol. The van der Waals surface area contributed by atoms with E-state index in [0.717, 1.165) is 42.6 Å². The van der Waals surface area contributed by atoms with Crippen molar-refractivity contribution in [3.8, 4) is 34.8 Å². The minimum atomic E-state index is -1.10. The second-order valence-electron chi connectivity index (χ2n) is 34.9. The normalized spacial score (nSPS) is 17.2. The molecule has 14 atom stereocenters. The second-order valence-corrected chi connectivity index (χ2v) is 35.2. The Bertz CT molecular complexity index is 5080. The lowest BCUT2D eigenvalue weighted by Gasteiger charge is -2.33. The van der Waals surface area contributed by atoms with Crippen molar-refractivity contribution in [2.75, 3.05) is 58.3 Å². The summed E-state index contributed by atoms with van der Waals surface area (Å²) >= 11 is 4.03. The number of aliphatic hydroxyl groups is 4. The number of nitrogens with one attached hydrogen (secondary N) is 4. The molecule has 11 rings (SSSR count). The van der Waals surface area contributed by atoms with Crippen molar-refractivity contribution in [2.24, 2.45) is 23.3 Å². The summed E-state index contributed by atoms with van der Waals surface area (Å²) < 4.78 is 21.5. The van der Waals surface area contributed by atoms with Crippen LogP contribution in [-0.4, -0.2) is 239 Å². The quantitative estimate of drug-likeness (QED) is 0.00966. The average molecular weight is 1920 g/mol. The highest BCUT2D eigenvalue weighted by atomic mass is 32.1. The van der Waals surface area contributed by atoms with Gasteiger partial charge in [-0.1, -0.05) is 165 Å². The van der Waals surface area contributed by atoms with Gasteiger partial charge in [0.05, 0.1) is 29.9 Å². The average Bonchev–Trinajstić information content (AvgIpc) is 1.23. The fourth-order valence-electron chi connectivity index (χ4n) is 14.4. The minimum Gasteiger partial charge on any atom is -0.511 e. The van der Waals surface area contributed by atoms with Crippen LogP contribution in [0.5, 0.6) is 28.7 Å². The monoisotopic (exact) mass is 1910 g/mol. The molecule has 137 heavy (non-hydrogen) atoms. The van der Waals surface area contributed by atoms with Crippen LogP contribution in [0.1, 0.15) is 182 Å². The van der Waals surface area contributed by atoms with Crippen LogP contribution in [0.25, 0.3) is 0 Å². The lowest BCUT2D eigenvalue weighted by Crippen LogP contribution is -2.53. The van der Waals surface area contributed by atoms with Crippen molar-refractivity contribution in [2.45, 2.75) is 225 Å². The number of nitrogens with zero attached hydrogens (tertiary/aromatic N) is 3. The van der Waals surface area contributed by atoms with E-state index in [-0.39, 0.29) is 89.7 Å². The van der Waals surface area contributed by atoms with E-state index in [1.54, 1.807) is 75.4 Å². The highest BCUT2D eigenvalue weighted by Gasteiger charge is 2.43. The maximum atomic E-state index is 12.7. The summed E-state index contributed by atoms with van der Waals surface area (Å²) in [6, 6.07) is 51.7. The number of phenolic OH excluding ortho intramolecular Hbond substituents is 2. The van der Waals surface area contributed by atoms with Crippen LogP contribution in [-0.2, 0) is 67.1 Å². The molecule has 3 heterocycles. The zero-order valence-corrected chi connectivity index (χ0v) is 80.9.